The number of rotatable bonds is 0. The van der Waals surface area contributed by atoms with Crippen LogP contribution in [0.2, 0.25) is 5.02 Å². The molecule has 0 bridgehead atoms. The Kier molecular flexibility index (Phi) is 3.74. The number of esters is 1. The average Bonchev–Trinajstić information content (AvgIpc) is 2.27. The van der Waals surface area contributed by atoms with Gasteiger partial charge in [-0.15, -0.1) is 0 Å². The molecular weight excluding hydrogens is 214 g/mol. The van der Waals surface area contributed by atoms with Crippen molar-refractivity contribution in [3.8, 4) is 17.9 Å². The van der Waals surface area contributed by atoms with Crippen molar-refractivity contribution in [1.29, 1.82) is 5.26 Å². The third-order valence-corrected chi connectivity index (χ3v) is 1.91. The molecular formula is C11H6ClNO2. The fourth-order valence-corrected chi connectivity index (χ4v) is 1.02. The van der Waals surface area contributed by atoms with E-state index >= 15 is 0 Å². The topological polar surface area (TPSA) is 50.1 Å². The molecule has 0 aromatic heterocycles. The van der Waals surface area contributed by atoms with Crippen LogP contribution in [0.25, 0.3) is 0 Å². The molecule has 0 saturated carbocycles. The zero-order valence-corrected chi connectivity index (χ0v) is 8.63. The number of nitriles is 1. The molecule has 0 aliphatic carbocycles. The lowest BCUT2D eigenvalue weighted by molar-refractivity contribution is -0.133. The minimum Gasteiger partial charge on any atom is -0.459 e. The van der Waals surface area contributed by atoms with Crippen LogP contribution < -0.4 is 0 Å². The van der Waals surface area contributed by atoms with E-state index in [1.807, 2.05) is 6.07 Å². The molecule has 3 nitrogen and oxygen atoms in total. The van der Waals surface area contributed by atoms with Gasteiger partial charge in [0, 0.05) is 11.5 Å². The standard InChI is InChI=1S/C11H6ClNO2/c1-15-11(14)5-3-8-2-4-10(12)9(6-8)7-13/h2,4,6H,1H3. The first kappa shape index (κ1) is 11.1. The van der Waals surface area contributed by atoms with Gasteiger partial charge in [-0.25, -0.2) is 4.79 Å². The first-order valence-corrected chi connectivity index (χ1v) is 4.35. The minimum absolute atomic E-state index is 0.327. The third-order valence-electron chi connectivity index (χ3n) is 1.58. The molecule has 0 saturated heterocycles. The number of carbonyl (C=O) groups excluding carboxylic acids is 1. The lowest BCUT2D eigenvalue weighted by Gasteiger charge is -1.94. The van der Waals surface area contributed by atoms with E-state index in [4.69, 9.17) is 16.9 Å². The third kappa shape index (κ3) is 3.02. The molecule has 0 fully saturated rings. The molecule has 0 aliphatic rings. The SMILES string of the molecule is COC(=O)C#Cc1ccc(Cl)c(C#N)c1. The molecule has 0 unspecified atom stereocenters. The summed E-state index contributed by atoms with van der Waals surface area (Å²) >= 11 is 5.72. The van der Waals surface area contributed by atoms with Crippen LogP contribution in [0, 0.1) is 23.2 Å². The maximum Gasteiger partial charge on any atom is 0.384 e. The van der Waals surface area contributed by atoms with Gasteiger partial charge in [-0.1, -0.05) is 17.5 Å². The van der Waals surface area contributed by atoms with Crippen molar-refractivity contribution in [2.75, 3.05) is 7.11 Å². The van der Waals surface area contributed by atoms with Crippen LogP contribution in [0.5, 0.6) is 0 Å². The van der Waals surface area contributed by atoms with Crippen LogP contribution in [-0.2, 0) is 9.53 Å². The number of ether oxygens (including phenoxy) is 1. The summed E-state index contributed by atoms with van der Waals surface area (Å²) in [6, 6.07) is 6.61. The zero-order valence-electron chi connectivity index (χ0n) is 7.87. The lowest BCUT2D eigenvalue weighted by Crippen LogP contribution is -1.94. The Morgan fingerprint density at radius 1 is 1.53 bits per heavy atom. The molecule has 0 heterocycles. The summed E-state index contributed by atoms with van der Waals surface area (Å²) in [5.41, 5.74) is 0.870. The van der Waals surface area contributed by atoms with Crippen molar-refractivity contribution in [3.05, 3.63) is 34.3 Å². The number of methoxy groups -OCH3 is 1. The first-order valence-electron chi connectivity index (χ1n) is 3.97. The number of carbonyl (C=O) groups is 1. The Bertz CT molecular complexity index is 492. The van der Waals surface area contributed by atoms with Crippen LogP contribution in [0.1, 0.15) is 11.1 Å². The quantitative estimate of drug-likeness (QED) is 0.493. The normalized spacial score (nSPS) is 8.33. The fraction of sp³-hybridized carbons (Fsp3) is 0.0909. The maximum absolute atomic E-state index is 10.7. The highest BCUT2D eigenvalue weighted by molar-refractivity contribution is 6.31. The number of hydrogen-bond donors (Lipinski definition) is 0. The Morgan fingerprint density at radius 3 is 2.87 bits per heavy atom. The van der Waals surface area contributed by atoms with Gasteiger partial charge >= 0.3 is 5.97 Å². The molecule has 15 heavy (non-hydrogen) atoms. The summed E-state index contributed by atoms with van der Waals surface area (Å²) in [7, 11) is 1.25. The van der Waals surface area contributed by atoms with E-state index in [1.165, 1.54) is 13.2 Å². The molecule has 4 heteroatoms. The predicted molar refractivity (Wildman–Crippen MR) is 55.1 cm³/mol. The van der Waals surface area contributed by atoms with Gasteiger partial charge in [0.1, 0.15) is 6.07 Å². The number of benzene rings is 1. The van der Waals surface area contributed by atoms with Gasteiger partial charge in [-0.2, -0.15) is 5.26 Å². The van der Waals surface area contributed by atoms with E-state index in [2.05, 4.69) is 16.6 Å². The minimum atomic E-state index is -0.622. The number of halogens is 1. The Hall–Kier alpha value is -1.97. The van der Waals surface area contributed by atoms with Crippen LogP contribution in [-0.4, -0.2) is 13.1 Å². The highest BCUT2D eigenvalue weighted by Crippen LogP contribution is 2.15. The van der Waals surface area contributed by atoms with Crippen molar-refractivity contribution in [3.63, 3.8) is 0 Å². The van der Waals surface area contributed by atoms with Crippen LogP contribution >= 0.6 is 11.6 Å². The first-order chi connectivity index (χ1) is 7.17. The predicted octanol–water partition coefficient (Wildman–Crippen LogP) is 1.74. The molecule has 1 rings (SSSR count). The average molecular weight is 220 g/mol. The van der Waals surface area contributed by atoms with Crippen LogP contribution in [0.15, 0.2) is 18.2 Å². The van der Waals surface area contributed by atoms with E-state index in [0.717, 1.165) is 0 Å². The Labute approximate surface area is 92.2 Å². The van der Waals surface area contributed by atoms with Gasteiger partial charge in [0.15, 0.2) is 0 Å². The Balaban J connectivity index is 3.02. The van der Waals surface area contributed by atoms with Crippen molar-refractivity contribution < 1.29 is 9.53 Å². The van der Waals surface area contributed by atoms with Crippen LogP contribution in [0.4, 0.5) is 0 Å². The second kappa shape index (κ2) is 5.05. The molecule has 0 spiro atoms. The highest BCUT2D eigenvalue weighted by atomic mass is 35.5. The van der Waals surface area contributed by atoms with Crippen molar-refractivity contribution >= 4 is 17.6 Å². The van der Waals surface area contributed by atoms with E-state index < -0.39 is 5.97 Å². The summed E-state index contributed by atoms with van der Waals surface area (Å²) in [5, 5.41) is 9.05. The molecule has 0 radical (unpaired) electrons. The number of nitrogens with zero attached hydrogens (tertiary/aromatic N) is 1. The lowest BCUT2D eigenvalue weighted by atomic mass is 10.1. The van der Waals surface area contributed by atoms with Gasteiger partial charge in [-0.05, 0) is 18.2 Å². The fourth-order valence-electron chi connectivity index (χ4n) is 0.863. The summed E-state index contributed by atoms with van der Waals surface area (Å²) in [4.78, 5) is 10.7. The zero-order chi connectivity index (χ0) is 11.3. The summed E-state index contributed by atoms with van der Waals surface area (Å²) in [5.74, 6) is 4.20. The largest absolute Gasteiger partial charge is 0.459 e. The van der Waals surface area contributed by atoms with E-state index in [-0.39, 0.29) is 0 Å². The summed E-state index contributed by atoms with van der Waals surface area (Å²) < 4.78 is 4.35. The van der Waals surface area contributed by atoms with Crippen molar-refractivity contribution in [2.24, 2.45) is 0 Å². The molecule has 1 aromatic rings. The van der Waals surface area contributed by atoms with E-state index in [1.54, 1.807) is 12.1 Å². The summed E-state index contributed by atoms with van der Waals surface area (Å²) in [6.07, 6.45) is 0. The maximum atomic E-state index is 10.7. The second-order valence-corrected chi connectivity index (χ2v) is 2.96. The van der Waals surface area contributed by atoms with Crippen molar-refractivity contribution in [2.45, 2.75) is 0 Å². The van der Waals surface area contributed by atoms with Gasteiger partial charge < -0.3 is 4.74 Å². The van der Waals surface area contributed by atoms with Gasteiger partial charge in [-0.3, -0.25) is 0 Å². The number of hydrogen-bond acceptors (Lipinski definition) is 3. The highest BCUT2D eigenvalue weighted by Gasteiger charge is 1.99. The molecule has 0 N–H and O–H groups in total. The van der Waals surface area contributed by atoms with Crippen LogP contribution in [0.3, 0.4) is 0 Å². The Morgan fingerprint density at radius 2 is 2.27 bits per heavy atom. The monoisotopic (exact) mass is 219 g/mol. The molecule has 0 atom stereocenters. The van der Waals surface area contributed by atoms with E-state index in [0.29, 0.717) is 16.1 Å². The summed E-state index contributed by atoms with van der Waals surface area (Å²) in [6.45, 7) is 0. The molecule has 74 valence electrons. The molecule has 1 aromatic carbocycles. The van der Waals surface area contributed by atoms with E-state index in [9.17, 15) is 4.79 Å². The molecule has 0 aliphatic heterocycles. The van der Waals surface area contributed by atoms with Gasteiger partial charge in [0.2, 0.25) is 0 Å². The second-order valence-electron chi connectivity index (χ2n) is 2.55. The smallest absolute Gasteiger partial charge is 0.384 e. The molecule has 0 amide bonds. The van der Waals surface area contributed by atoms with Crippen molar-refractivity contribution in [1.82, 2.24) is 0 Å². The van der Waals surface area contributed by atoms with Gasteiger partial charge in [0.25, 0.3) is 0 Å². The van der Waals surface area contributed by atoms with Gasteiger partial charge in [0.05, 0.1) is 17.7 Å².